The fourth-order valence-corrected chi connectivity index (χ4v) is 3.03. The van der Waals surface area contributed by atoms with Crippen molar-refractivity contribution in [1.29, 1.82) is 0 Å². The number of nitrogens with zero attached hydrogens (tertiary/aromatic N) is 1. The van der Waals surface area contributed by atoms with Crippen molar-refractivity contribution in [1.82, 2.24) is 9.71 Å². The Morgan fingerprint density at radius 2 is 2.20 bits per heavy atom. The molecule has 6 nitrogen and oxygen atoms in total. The quantitative estimate of drug-likeness (QED) is 0.874. The van der Waals surface area contributed by atoms with Gasteiger partial charge in [-0.15, -0.1) is 0 Å². The topological polar surface area (TPSA) is 81.4 Å². The van der Waals surface area contributed by atoms with Crippen LogP contribution in [0.25, 0.3) is 0 Å². The molecule has 1 N–H and O–H groups in total. The molecule has 0 spiro atoms. The Balaban J connectivity index is 2.11. The lowest BCUT2D eigenvalue weighted by atomic mass is 10.2. The summed E-state index contributed by atoms with van der Waals surface area (Å²) in [6, 6.07) is 5.02. The SMILES string of the molecule is COc1ccc(C)cc1S(=O)(=O)NCCc1cocn1. The Kier molecular flexibility index (Phi) is 4.41. The summed E-state index contributed by atoms with van der Waals surface area (Å²) in [6.45, 7) is 2.07. The third-order valence-corrected chi connectivity index (χ3v) is 4.25. The van der Waals surface area contributed by atoms with Gasteiger partial charge in [0.2, 0.25) is 10.0 Å². The number of hydrogen-bond donors (Lipinski definition) is 1. The first-order chi connectivity index (χ1) is 9.53. The first-order valence-corrected chi connectivity index (χ1v) is 7.52. The summed E-state index contributed by atoms with van der Waals surface area (Å²) in [5.74, 6) is 0.324. The molecule has 1 aromatic carbocycles. The van der Waals surface area contributed by atoms with Crippen LogP contribution >= 0.6 is 0 Å². The van der Waals surface area contributed by atoms with Crippen LogP contribution in [0, 0.1) is 6.92 Å². The van der Waals surface area contributed by atoms with Gasteiger partial charge in [-0.3, -0.25) is 0 Å². The second-order valence-electron chi connectivity index (χ2n) is 4.28. The van der Waals surface area contributed by atoms with Crippen LogP contribution in [-0.2, 0) is 16.4 Å². The molecule has 0 saturated carbocycles. The molecule has 0 amide bonds. The zero-order valence-electron chi connectivity index (χ0n) is 11.3. The third kappa shape index (κ3) is 3.37. The number of methoxy groups -OCH3 is 1. The van der Waals surface area contributed by atoms with Crippen LogP contribution in [0.1, 0.15) is 11.3 Å². The molecule has 7 heteroatoms. The Bertz CT molecular complexity index is 666. The monoisotopic (exact) mass is 296 g/mol. The van der Waals surface area contributed by atoms with Crippen LogP contribution in [0.3, 0.4) is 0 Å². The molecule has 20 heavy (non-hydrogen) atoms. The highest BCUT2D eigenvalue weighted by Gasteiger charge is 2.19. The van der Waals surface area contributed by atoms with Crippen LogP contribution in [0.15, 0.2) is 40.2 Å². The molecule has 0 saturated heterocycles. The van der Waals surface area contributed by atoms with E-state index in [1.165, 1.54) is 19.8 Å². The molecule has 0 bridgehead atoms. The van der Waals surface area contributed by atoms with Crippen molar-refractivity contribution >= 4 is 10.0 Å². The smallest absolute Gasteiger partial charge is 0.244 e. The van der Waals surface area contributed by atoms with E-state index in [1.54, 1.807) is 18.2 Å². The molecule has 2 aromatic rings. The number of oxazole rings is 1. The number of ether oxygens (including phenoxy) is 1. The van der Waals surface area contributed by atoms with E-state index >= 15 is 0 Å². The molecule has 0 aliphatic rings. The summed E-state index contributed by atoms with van der Waals surface area (Å²) in [4.78, 5) is 4.07. The van der Waals surface area contributed by atoms with E-state index in [-0.39, 0.29) is 11.4 Å². The van der Waals surface area contributed by atoms with Crippen molar-refractivity contribution in [2.24, 2.45) is 0 Å². The Morgan fingerprint density at radius 1 is 1.40 bits per heavy atom. The van der Waals surface area contributed by atoms with Gasteiger partial charge in [-0.05, 0) is 24.6 Å². The van der Waals surface area contributed by atoms with Crippen molar-refractivity contribution in [2.75, 3.05) is 13.7 Å². The van der Waals surface area contributed by atoms with Gasteiger partial charge in [0.05, 0.1) is 12.8 Å². The average Bonchev–Trinajstić information content (AvgIpc) is 2.91. The van der Waals surface area contributed by atoms with Crippen molar-refractivity contribution < 1.29 is 17.6 Å². The van der Waals surface area contributed by atoms with Crippen LogP contribution in [0.2, 0.25) is 0 Å². The summed E-state index contributed by atoms with van der Waals surface area (Å²) in [5, 5.41) is 0. The van der Waals surface area contributed by atoms with Crippen LogP contribution in [-0.4, -0.2) is 27.1 Å². The predicted molar refractivity (Wildman–Crippen MR) is 73.1 cm³/mol. The molecule has 0 unspecified atom stereocenters. The fraction of sp³-hybridized carbons (Fsp3) is 0.308. The van der Waals surface area contributed by atoms with Gasteiger partial charge < -0.3 is 9.15 Å². The van der Waals surface area contributed by atoms with Gasteiger partial charge >= 0.3 is 0 Å². The van der Waals surface area contributed by atoms with E-state index in [1.807, 2.05) is 6.92 Å². The Morgan fingerprint density at radius 3 is 2.85 bits per heavy atom. The standard InChI is InChI=1S/C13H16N2O4S/c1-10-3-4-12(18-2)13(7-10)20(16,17)15-6-5-11-8-19-9-14-11/h3-4,7-9,15H,5-6H2,1-2H3. The number of sulfonamides is 1. The lowest BCUT2D eigenvalue weighted by Crippen LogP contribution is -2.26. The van der Waals surface area contributed by atoms with E-state index < -0.39 is 10.0 Å². The minimum atomic E-state index is -3.61. The summed E-state index contributed by atoms with van der Waals surface area (Å²) in [7, 11) is -2.17. The van der Waals surface area contributed by atoms with Crippen molar-refractivity contribution in [3.8, 4) is 5.75 Å². The van der Waals surface area contributed by atoms with Gasteiger partial charge in [0.15, 0.2) is 6.39 Å². The van der Waals surface area contributed by atoms with Crippen molar-refractivity contribution in [2.45, 2.75) is 18.2 Å². The average molecular weight is 296 g/mol. The van der Waals surface area contributed by atoms with Crippen molar-refractivity contribution in [3.05, 3.63) is 42.1 Å². The van der Waals surface area contributed by atoms with Gasteiger partial charge in [0.25, 0.3) is 0 Å². The minimum absolute atomic E-state index is 0.139. The van der Waals surface area contributed by atoms with Crippen LogP contribution in [0.5, 0.6) is 5.75 Å². The minimum Gasteiger partial charge on any atom is -0.495 e. The Hall–Kier alpha value is -1.86. The van der Waals surface area contributed by atoms with Crippen molar-refractivity contribution in [3.63, 3.8) is 0 Å². The maximum Gasteiger partial charge on any atom is 0.244 e. The highest BCUT2D eigenvalue weighted by Crippen LogP contribution is 2.24. The van der Waals surface area contributed by atoms with Gasteiger partial charge in [-0.1, -0.05) is 6.07 Å². The van der Waals surface area contributed by atoms with E-state index in [9.17, 15) is 8.42 Å². The summed E-state index contributed by atoms with van der Waals surface area (Å²) in [5.41, 5.74) is 1.55. The highest BCUT2D eigenvalue weighted by atomic mass is 32.2. The highest BCUT2D eigenvalue weighted by molar-refractivity contribution is 7.89. The number of benzene rings is 1. The zero-order chi connectivity index (χ0) is 14.6. The Labute approximate surface area is 117 Å². The first kappa shape index (κ1) is 14.5. The predicted octanol–water partition coefficient (Wildman–Crippen LogP) is 1.51. The number of rotatable bonds is 6. The molecule has 0 aliphatic heterocycles. The molecule has 1 aromatic heterocycles. The van der Waals surface area contributed by atoms with Crippen LogP contribution in [0.4, 0.5) is 0 Å². The molecular formula is C13H16N2O4S. The summed E-state index contributed by atoms with van der Waals surface area (Å²) < 4.78 is 37.0. The summed E-state index contributed by atoms with van der Waals surface area (Å²) >= 11 is 0. The maximum absolute atomic E-state index is 12.3. The third-order valence-electron chi connectivity index (χ3n) is 2.77. The fourth-order valence-electron chi connectivity index (χ4n) is 1.75. The van der Waals surface area contributed by atoms with Crippen LogP contribution < -0.4 is 9.46 Å². The second kappa shape index (κ2) is 6.06. The van der Waals surface area contributed by atoms with E-state index in [0.29, 0.717) is 17.9 Å². The molecule has 0 radical (unpaired) electrons. The normalized spacial score (nSPS) is 11.5. The molecule has 0 atom stereocenters. The lowest BCUT2D eigenvalue weighted by molar-refractivity contribution is 0.402. The van der Waals surface area contributed by atoms with E-state index in [0.717, 1.165) is 5.56 Å². The van der Waals surface area contributed by atoms with Gasteiger partial charge in [-0.25, -0.2) is 18.1 Å². The molecule has 0 fully saturated rings. The zero-order valence-corrected chi connectivity index (χ0v) is 12.1. The number of aromatic nitrogens is 1. The molecule has 2 rings (SSSR count). The first-order valence-electron chi connectivity index (χ1n) is 6.04. The molecule has 1 heterocycles. The largest absolute Gasteiger partial charge is 0.495 e. The maximum atomic E-state index is 12.3. The van der Waals surface area contributed by atoms with Gasteiger partial charge in [-0.2, -0.15) is 0 Å². The van der Waals surface area contributed by atoms with Gasteiger partial charge in [0.1, 0.15) is 16.9 Å². The number of hydrogen-bond acceptors (Lipinski definition) is 5. The van der Waals surface area contributed by atoms with E-state index in [2.05, 4.69) is 9.71 Å². The molecular weight excluding hydrogens is 280 g/mol. The molecule has 0 aliphatic carbocycles. The molecule has 108 valence electrons. The van der Waals surface area contributed by atoms with E-state index in [4.69, 9.17) is 9.15 Å². The number of aryl methyl sites for hydroxylation is 1. The van der Waals surface area contributed by atoms with Gasteiger partial charge in [0, 0.05) is 13.0 Å². The summed E-state index contributed by atoms with van der Waals surface area (Å²) in [6.07, 6.45) is 3.26. The second-order valence-corrected chi connectivity index (χ2v) is 6.02. The lowest BCUT2D eigenvalue weighted by Gasteiger charge is -2.11. The number of nitrogens with one attached hydrogen (secondary N) is 1.